The van der Waals surface area contributed by atoms with E-state index in [1.165, 1.54) is 0 Å². The molecule has 0 spiro atoms. The SMILES string of the molecule is Nc1nc2c(c(=O)[nH]1)C[C@H]1C([S-])=C([S-])[C@@H](COP(=O)(O)O)O[C@H]1N2.[Mo+2]. The Balaban J connectivity index is 0.00000225. The summed E-state index contributed by atoms with van der Waals surface area (Å²) in [5, 5.41) is 2.93. The van der Waals surface area contributed by atoms with Crippen molar-refractivity contribution in [2.24, 2.45) is 5.92 Å². The molecule has 0 radical (unpaired) electrons. The summed E-state index contributed by atoms with van der Waals surface area (Å²) >= 11 is 10.6. The predicted octanol–water partition coefficient (Wildman–Crippen LogP) is -0.927. The van der Waals surface area contributed by atoms with Crippen LogP contribution in [0, 0.1) is 5.92 Å². The molecule has 14 heteroatoms. The Morgan fingerprint density at radius 2 is 2.08 bits per heavy atom. The van der Waals surface area contributed by atoms with E-state index >= 15 is 0 Å². The van der Waals surface area contributed by atoms with E-state index in [0.29, 0.717) is 10.5 Å². The normalized spacial score (nSPS) is 25.4. The molecule has 0 aliphatic carbocycles. The van der Waals surface area contributed by atoms with Gasteiger partial charge in [-0.3, -0.25) is 14.3 Å². The van der Waals surface area contributed by atoms with Gasteiger partial charge in [-0.05, 0) is 6.42 Å². The van der Waals surface area contributed by atoms with Crippen molar-refractivity contribution in [1.82, 2.24) is 9.97 Å². The first kappa shape index (κ1) is 20.7. The molecule has 3 rings (SSSR count). The molecule has 2 aliphatic rings. The van der Waals surface area contributed by atoms with Crippen molar-refractivity contribution in [3.05, 3.63) is 25.7 Å². The fraction of sp³-hybridized carbons (Fsp3) is 0.455. The number of aromatic nitrogens is 2. The smallest absolute Gasteiger partial charge is 0.785 e. The number of phosphoric ester groups is 1. The maximum Gasteiger partial charge on any atom is 2.00 e. The monoisotopic (exact) mass is 490 g/mol. The Hall–Kier alpha value is -0.582. The number of H-pyrrole nitrogens is 1. The molecule has 1 aromatic heterocycles. The Labute approximate surface area is 167 Å². The average molecular weight is 488 g/mol. The molecule has 6 N–H and O–H groups in total. The van der Waals surface area contributed by atoms with Gasteiger partial charge in [-0.1, -0.05) is 0 Å². The zero-order valence-electron chi connectivity index (χ0n) is 12.4. The molecule has 3 heterocycles. The number of nitrogen functional groups attached to an aromatic ring is 1. The Kier molecular flexibility index (Phi) is 6.28. The van der Waals surface area contributed by atoms with Gasteiger partial charge in [0.05, 0.1) is 18.3 Å². The Morgan fingerprint density at radius 1 is 1.40 bits per heavy atom. The first-order valence-corrected chi connectivity index (χ1v) is 9.09. The molecule has 0 aromatic carbocycles. The van der Waals surface area contributed by atoms with Crippen molar-refractivity contribution in [3.63, 3.8) is 0 Å². The van der Waals surface area contributed by atoms with Crippen molar-refractivity contribution < 1.29 is 44.7 Å². The number of aromatic amines is 1. The van der Waals surface area contributed by atoms with Crippen molar-refractivity contribution in [1.29, 1.82) is 0 Å². The number of hydrogen-bond donors (Lipinski definition) is 5. The molecule has 0 unspecified atom stereocenters. The Bertz CT molecular complexity index is 814. The minimum atomic E-state index is -4.66. The predicted molar refractivity (Wildman–Crippen MR) is 88.5 cm³/mol. The van der Waals surface area contributed by atoms with E-state index in [1.54, 1.807) is 0 Å². The number of hydrogen-bond acceptors (Lipinski definition) is 9. The number of ether oxygens (including phenoxy) is 1. The first-order valence-electron chi connectivity index (χ1n) is 6.74. The first-order chi connectivity index (χ1) is 11.2. The fourth-order valence-corrected chi connectivity index (χ4v) is 3.55. The summed E-state index contributed by atoms with van der Waals surface area (Å²) in [5.41, 5.74) is 5.54. The van der Waals surface area contributed by atoms with Gasteiger partial charge in [0.15, 0.2) is 0 Å². The number of phosphoric acid groups is 1. The van der Waals surface area contributed by atoms with Gasteiger partial charge in [0.2, 0.25) is 5.95 Å². The van der Waals surface area contributed by atoms with Crippen LogP contribution in [0.5, 0.6) is 0 Å². The van der Waals surface area contributed by atoms with Gasteiger partial charge in [-0.2, -0.15) is 9.89 Å². The summed E-state index contributed by atoms with van der Waals surface area (Å²) in [6, 6.07) is 0. The third-order valence-electron chi connectivity index (χ3n) is 3.68. The largest absolute Gasteiger partial charge is 2.00 e. The van der Waals surface area contributed by atoms with Gasteiger partial charge in [0, 0.05) is 5.92 Å². The maximum absolute atomic E-state index is 12.0. The van der Waals surface area contributed by atoms with Crippen LogP contribution in [0.3, 0.4) is 0 Å². The second-order valence-electron chi connectivity index (χ2n) is 5.29. The van der Waals surface area contributed by atoms with Gasteiger partial charge in [-0.15, -0.1) is 0 Å². The molecule has 1 aromatic rings. The minimum absolute atomic E-state index is 0. The third kappa shape index (κ3) is 4.40. The van der Waals surface area contributed by atoms with Crippen LogP contribution in [0.1, 0.15) is 5.56 Å². The van der Waals surface area contributed by atoms with Crippen LogP contribution in [0.2, 0.25) is 0 Å². The second kappa shape index (κ2) is 7.57. The summed E-state index contributed by atoms with van der Waals surface area (Å²) < 4.78 is 21.0. The van der Waals surface area contributed by atoms with Crippen LogP contribution in [-0.2, 0) is 66.6 Å². The van der Waals surface area contributed by atoms with E-state index in [1.807, 2.05) is 0 Å². The molecule has 136 valence electrons. The van der Waals surface area contributed by atoms with Gasteiger partial charge < -0.3 is 50.8 Å². The summed E-state index contributed by atoms with van der Waals surface area (Å²) in [7, 11) is -4.66. The quantitative estimate of drug-likeness (QED) is 0.203. The van der Waals surface area contributed by atoms with E-state index in [0.717, 1.165) is 0 Å². The van der Waals surface area contributed by atoms with E-state index in [9.17, 15) is 9.36 Å². The molecule has 0 fully saturated rings. The van der Waals surface area contributed by atoms with Gasteiger partial charge in [0.25, 0.3) is 5.56 Å². The van der Waals surface area contributed by atoms with E-state index < -0.39 is 26.8 Å². The van der Waals surface area contributed by atoms with E-state index in [2.05, 4.69) is 19.8 Å². The molecule has 0 bridgehead atoms. The van der Waals surface area contributed by atoms with Gasteiger partial charge >= 0.3 is 28.9 Å². The standard InChI is InChI=1S/C11H15N4O6PS2.Mo/c12-11-14-8-4(9(16)15-11)1-3-6(23)7(24)5(21-10(3)13-8)2-20-22(17,18)19;/h3,5,10,23-24H,1-2H2,(H2,17,18,19)(H4,12,13,14,15,16);/q;+2/p-2/t3-,5+,10+;/m0./s1. The molecule has 0 saturated carbocycles. The molecule has 25 heavy (non-hydrogen) atoms. The fourth-order valence-electron chi connectivity index (χ4n) is 2.61. The molecule has 3 atom stereocenters. The number of rotatable bonds is 3. The van der Waals surface area contributed by atoms with Crippen molar-refractivity contribution in [2.45, 2.75) is 18.8 Å². The molecule has 10 nitrogen and oxygen atoms in total. The summed E-state index contributed by atoms with van der Waals surface area (Å²) in [6.07, 6.45) is -1.29. The zero-order valence-corrected chi connectivity index (χ0v) is 16.9. The average Bonchev–Trinajstić information content (AvgIpc) is 2.47. The van der Waals surface area contributed by atoms with Crippen LogP contribution in [0.15, 0.2) is 14.6 Å². The molecular weight excluding hydrogens is 475 g/mol. The van der Waals surface area contributed by atoms with Crippen molar-refractivity contribution >= 4 is 44.8 Å². The zero-order chi connectivity index (χ0) is 17.6. The van der Waals surface area contributed by atoms with Crippen molar-refractivity contribution in [2.75, 3.05) is 17.7 Å². The Morgan fingerprint density at radius 3 is 2.72 bits per heavy atom. The molecular formula is C11H13MoN4O6PS2. The summed E-state index contributed by atoms with van der Waals surface area (Å²) in [4.78, 5) is 36.6. The van der Waals surface area contributed by atoms with Crippen LogP contribution in [0.25, 0.3) is 0 Å². The van der Waals surface area contributed by atoms with Gasteiger partial charge in [0.1, 0.15) is 12.0 Å². The molecule has 0 saturated heterocycles. The second-order valence-corrected chi connectivity index (χ2v) is 7.41. The van der Waals surface area contributed by atoms with E-state index in [4.69, 9.17) is 45.5 Å². The van der Waals surface area contributed by atoms with E-state index in [-0.39, 0.29) is 55.6 Å². The number of anilines is 2. The number of nitrogens with zero attached hydrogens (tertiary/aromatic N) is 1. The molecule has 0 amide bonds. The van der Waals surface area contributed by atoms with Crippen LogP contribution < -0.4 is 16.6 Å². The third-order valence-corrected chi connectivity index (χ3v) is 5.30. The summed E-state index contributed by atoms with van der Waals surface area (Å²) in [6.45, 7) is -0.439. The number of nitrogens with two attached hydrogens (primary N) is 1. The minimum Gasteiger partial charge on any atom is -0.785 e. The number of fused-ring (bicyclic) bond motifs is 2. The van der Waals surface area contributed by atoms with Gasteiger partial charge in [-0.25, -0.2) is 9.47 Å². The van der Waals surface area contributed by atoms with Crippen LogP contribution in [0.4, 0.5) is 11.8 Å². The molecule has 2 aliphatic heterocycles. The maximum atomic E-state index is 12.0. The van der Waals surface area contributed by atoms with Crippen LogP contribution >= 0.6 is 7.82 Å². The topological polar surface area (TPSA) is 160 Å². The number of nitrogens with one attached hydrogen (secondary N) is 2. The van der Waals surface area contributed by atoms with Crippen molar-refractivity contribution in [3.8, 4) is 0 Å². The van der Waals surface area contributed by atoms with Crippen LogP contribution in [-0.4, -0.2) is 38.7 Å². The summed E-state index contributed by atoms with van der Waals surface area (Å²) in [5.74, 6) is -0.138.